The molecule has 2 aromatic rings. The van der Waals surface area contributed by atoms with Crippen molar-refractivity contribution in [1.82, 2.24) is 10.1 Å². The fourth-order valence-electron chi connectivity index (χ4n) is 2.93. The average Bonchev–Trinajstić information content (AvgIpc) is 3.02. The van der Waals surface area contributed by atoms with Crippen molar-refractivity contribution >= 4 is 5.91 Å². The SMILES string of the molecule is O=C(Cc1ccon1)N1CCC(Cc2ccccc2)CC1. The summed E-state index contributed by atoms with van der Waals surface area (Å²) in [6.45, 7) is 1.71. The summed E-state index contributed by atoms with van der Waals surface area (Å²) < 4.78 is 4.77. The van der Waals surface area contributed by atoms with Gasteiger partial charge < -0.3 is 9.42 Å². The molecular formula is C17H20N2O2. The van der Waals surface area contributed by atoms with E-state index >= 15 is 0 Å². The first-order valence-electron chi connectivity index (χ1n) is 7.52. The minimum atomic E-state index is 0.155. The lowest BCUT2D eigenvalue weighted by molar-refractivity contribution is -0.131. The van der Waals surface area contributed by atoms with Gasteiger partial charge >= 0.3 is 0 Å². The van der Waals surface area contributed by atoms with Crippen LogP contribution in [0.2, 0.25) is 0 Å². The van der Waals surface area contributed by atoms with E-state index in [4.69, 9.17) is 4.52 Å². The molecule has 4 nitrogen and oxygen atoms in total. The average molecular weight is 284 g/mol. The number of hydrogen-bond acceptors (Lipinski definition) is 3. The highest BCUT2D eigenvalue weighted by atomic mass is 16.5. The summed E-state index contributed by atoms with van der Waals surface area (Å²) in [5.41, 5.74) is 2.11. The van der Waals surface area contributed by atoms with Gasteiger partial charge in [0.05, 0.1) is 12.1 Å². The molecule has 1 saturated heterocycles. The van der Waals surface area contributed by atoms with E-state index in [9.17, 15) is 4.79 Å². The van der Waals surface area contributed by atoms with Crippen LogP contribution in [0, 0.1) is 5.92 Å². The van der Waals surface area contributed by atoms with Gasteiger partial charge in [0.1, 0.15) is 6.26 Å². The zero-order valence-electron chi connectivity index (χ0n) is 12.1. The van der Waals surface area contributed by atoms with Crippen LogP contribution < -0.4 is 0 Å². The van der Waals surface area contributed by atoms with Crippen LogP contribution >= 0.6 is 0 Å². The number of rotatable bonds is 4. The topological polar surface area (TPSA) is 46.3 Å². The van der Waals surface area contributed by atoms with Crippen molar-refractivity contribution in [2.75, 3.05) is 13.1 Å². The van der Waals surface area contributed by atoms with E-state index in [0.717, 1.165) is 32.4 Å². The third kappa shape index (κ3) is 3.72. The van der Waals surface area contributed by atoms with Gasteiger partial charge in [0.2, 0.25) is 5.91 Å². The Labute approximate surface area is 124 Å². The molecule has 0 unspecified atom stereocenters. The second kappa shape index (κ2) is 6.57. The predicted octanol–water partition coefficient (Wildman–Crippen LogP) is 2.70. The van der Waals surface area contributed by atoms with Crippen molar-refractivity contribution in [3.05, 3.63) is 53.9 Å². The maximum absolute atomic E-state index is 12.2. The van der Waals surface area contributed by atoms with Gasteiger partial charge in [-0.2, -0.15) is 0 Å². The first kappa shape index (κ1) is 13.9. The maximum atomic E-state index is 12.2. The molecule has 0 atom stereocenters. The van der Waals surface area contributed by atoms with Gasteiger partial charge in [-0.05, 0) is 30.7 Å². The molecule has 110 valence electrons. The van der Waals surface area contributed by atoms with Crippen LogP contribution in [0.4, 0.5) is 0 Å². The predicted molar refractivity (Wildman–Crippen MR) is 79.7 cm³/mol. The van der Waals surface area contributed by atoms with E-state index in [1.165, 1.54) is 11.8 Å². The van der Waals surface area contributed by atoms with Gasteiger partial charge in [0.25, 0.3) is 0 Å². The van der Waals surface area contributed by atoms with E-state index in [0.29, 0.717) is 18.0 Å². The molecule has 0 N–H and O–H groups in total. The summed E-state index contributed by atoms with van der Waals surface area (Å²) in [4.78, 5) is 14.1. The van der Waals surface area contributed by atoms with Crippen molar-refractivity contribution < 1.29 is 9.32 Å². The van der Waals surface area contributed by atoms with Crippen LogP contribution in [0.1, 0.15) is 24.1 Å². The summed E-state index contributed by atoms with van der Waals surface area (Å²) in [6.07, 6.45) is 5.14. The van der Waals surface area contributed by atoms with Gasteiger partial charge in [-0.25, -0.2) is 0 Å². The highest BCUT2D eigenvalue weighted by molar-refractivity contribution is 5.78. The number of benzene rings is 1. The lowest BCUT2D eigenvalue weighted by atomic mass is 9.90. The molecule has 0 spiro atoms. The zero-order chi connectivity index (χ0) is 14.5. The summed E-state index contributed by atoms with van der Waals surface area (Å²) in [5.74, 6) is 0.838. The van der Waals surface area contributed by atoms with Crippen LogP contribution in [0.5, 0.6) is 0 Å². The van der Waals surface area contributed by atoms with Crippen LogP contribution in [-0.4, -0.2) is 29.1 Å². The quantitative estimate of drug-likeness (QED) is 0.867. The molecule has 1 aliphatic rings. The lowest BCUT2D eigenvalue weighted by Crippen LogP contribution is -2.39. The number of hydrogen-bond donors (Lipinski definition) is 0. The van der Waals surface area contributed by atoms with Crippen molar-refractivity contribution in [3.8, 4) is 0 Å². The van der Waals surface area contributed by atoms with E-state index in [1.807, 2.05) is 4.90 Å². The minimum Gasteiger partial charge on any atom is -0.364 e. The van der Waals surface area contributed by atoms with Gasteiger partial charge in [0, 0.05) is 19.2 Å². The fourth-order valence-corrected chi connectivity index (χ4v) is 2.93. The molecule has 1 aromatic heterocycles. The smallest absolute Gasteiger partial charge is 0.228 e. The first-order chi connectivity index (χ1) is 10.3. The van der Waals surface area contributed by atoms with Gasteiger partial charge in [-0.1, -0.05) is 35.5 Å². The Kier molecular flexibility index (Phi) is 4.34. The van der Waals surface area contributed by atoms with Crippen molar-refractivity contribution in [2.24, 2.45) is 5.92 Å². The number of aromatic nitrogens is 1. The normalized spacial score (nSPS) is 16.1. The van der Waals surface area contributed by atoms with Crippen LogP contribution in [0.3, 0.4) is 0 Å². The summed E-state index contributed by atoms with van der Waals surface area (Å²) in [5, 5.41) is 3.80. The Morgan fingerprint density at radius 3 is 2.62 bits per heavy atom. The van der Waals surface area contributed by atoms with Crippen molar-refractivity contribution in [3.63, 3.8) is 0 Å². The van der Waals surface area contributed by atoms with Gasteiger partial charge in [-0.15, -0.1) is 0 Å². The number of likely N-dealkylation sites (tertiary alicyclic amines) is 1. The summed E-state index contributed by atoms with van der Waals surface area (Å²) in [7, 11) is 0. The van der Waals surface area contributed by atoms with E-state index in [2.05, 4.69) is 35.5 Å². The minimum absolute atomic E-state index is 0.155. The van der Waals surface area contributed by atoms with Crippen LogP contribution in [0.15, 0.2) is 47.2 Å². The molecule has 0 bridgehead atoms. The number of carbonyl (C=O) groups excluding carboxylic acids is 1. The molecular weight excluding hydrogens is 264 g/mol. The van der Waals surface area contributed by atoms with Crippen molar-refractivity contribution in [2.45, 2.75) is 25.7 Å². The molecule has 2 heterocycles. The maximum Gasteiger partial charge on any atom is 0.228 e. The van der Waals surface area contributed by atoms with Gasteiger partial charge in [-0.3, -0.25) is 4.79 Å². The zero-order valence-corrected chi connectivity index (χ0v) is 12.1. The fraction of sp³-hybridized carbons (Fsp3) is 0.412. The first-order valence-corrected chi connectivity index (χ1v) is 7.52. The Morgan fingerprint density at radius 2 is 1.95 bits per heavy atom. The lowest BCUT2D eigenvalue weighted by Gasteiger charge is -2.32. The Bertz CT molecular complexity index is 558. The van der Waals surface area contributed by atoms with E-state index in [-0.39, 0.29) is 5.91 Å². The molecule has 3 rings (SSSR count). The highest BCUT2D eigenvalue weighted by Crippen LogP contribution is 2.22. The Balaban J connectivity index is 1.47. The molecule has 1 amide bonds. The molecule has 0 saturated carbocycles. The third-order valence-corrected chi connectivity index (χ3v) is 4.16. The number of amides is 1. The molecule has 0 radical (unpaired) electrons. The Morgan fingerprint density at radius 1 is 1.19 bits per heavy atom. The van der Waals surface area contributed by atoms with Crippen LogP contribution in [-0.2, 0) is 17.6 Å². The number of nitrogens with zero attached hydrogens (tertiary/aromatic N) is 2. The largest absolute Gasteiger partial charge is 0.364 e. The second-order valence-electron chi connectivity index (χ2n) is 5.68. The molecule has 21 heavy (non-hydrogen) atoms. The number of carbonyl (C=O) groups is 1. The number of piperidine rings is 1. The molecule has 1 aliphatic heterocycles. The molecule has 0 aliphatic carbocycles. The van der Waals surface area contributed by atoms with E-state index in [1.54, 1.807) is 6.07 Å². The van der Waals surface area contributed by atoms with Crippen LogP contribution in [0.25, 0.3) is 0 Å². The monoisotopic (exact) mass is 284 g/mol. The van der Waals surface area contributed by atoms with E-state index < -0.39 is 0 Å². The Hall–Kier alpha value is -2.10. The van der Waals surface area contributed by atoms with Crippen molar-refractivity contribution in [1.29, 1.82) is 0 Å². The highest BCUT2D eigenvalue weighted by Gasteiger charge is 2.23. The molecule has 1 fully saturated rings. The standard InChI is InChI=1S/C17H20N2O2/c20-17(13-16-8-11-21-18-16)19-9-6-15(7-10-19)12-14-4-2-1-3-5-14/h1-5,8,11,15H,6-7,9-10,12-13H2. The molecule has 1 aromatic carbocycles. The third-order valence-electron chi connectivity index (χ3n) is 4.16. The second-order valence-corrected chi connectivity index (χ2v) is 5.68. The summed E-state index contributed by atoms with van der Waals surface area (Å²) >= 11 is 0. The van der Waals surface area contributed by atoms with Gasteiger partial charge in [0.15, 0.2) is 0 Å². The summed E-state index contributed by atoms with van der Waals surface area (Å²) in [6, 6.07) is 12.3. The molecule has 4 heteroatoms.